The minimum absolute atomic E-state index is 0.0439. The second-order valence-electron chi connectivity index (χ2n) is 5.50. The molecule has 124 valence electrons. The summed E-state index contributed by atoms with van der Waals surface area (Å²) in [5, 5.41) is 14.9. The SMILES string of the molecule is CCC(=O)NC(c1ccc(C)s1)c1cc(Cl)c2cccnc2c1O. The first-order valence-corrected chi connectivity index (χ1v) is 8.82. The van der Waals surface area contributed by atoms with Gasteiger partial charge < -0.3 is 10.4 Å². The van der Waals surface area contributed by atoms with Crippen LogP contribution in [0, 0.1) is 6.92 Å². The van der Waals surface area contributed by atoms with Gasteiger partial charge in [-0.25, -0.2) is 0 Å². The Hall–Kier alpha value is -2.11. The molecule has 2 N–H and O–H groups in total. The molecular weight excluding hydrogens is 344 g/mol. The van der Waals surface area contributed by atoms with Gasteiger partial charge in [0.1, 0.15) is 11.3 Å². The Kier molecular flexibility index (Phi) is 4.73. The maximum atomic E-state index is 12.0. The molecule has 0 bridgehead atoms. The number of benzene rings is 1. The van der Waals surface area contributed by atoms with E-state index in [4.69, 9.17) is 11.6 Å². The van der Waals surface area contributed by atoms with Crippen LogP contribution < -0.4 is 5.32 Å². The lowest BCUT2D eigenvalue weighted by molar-refractivity contribution is -0.121. The molecule has 24 heavy (non-hydrogen) atoms. The number of phenolic OH excluding ortho intramolecular Hbond substituents is 1. The van der Waals surface area contributed by atoms with Crippen LogP contribution in [-0.4, -0.2) is 16.0 Å². The summed E-state index contributed by atoms with van der Waals surface area (Å²) in [5.41, 5.74) is 0.985. The number of aromatic nitrogens is 1. The molecule has 1 unspecified atom stereocenters. The molecule has 0 aliphatic carbocycles. The summed E-state index contributed by atoms with van der Waals surface area (Å²) < 4.78 is 0. The van der Waals surface area contributed by atoms with Gasteiger partial charge >= 0.3 is 0 Å². The van der Waals surface area contributed by atoms with E-state index in [-0.39, 0.29) is 11.7 Å². The molecule has 3 rings (SSSR count). The summed E-state index contributed by atoms with van der Waals surface area (Å²) in [6.07, 6.45) is 1.97. The summed E-state index contributed by atoms with van der Waals surface area (Å²) in [7, 11) is 0. The van der Waals surface area contributed by atoms with Crippen molar-refractivity contribution >= 4 is 39.7 Å². The first-order valence-electron chi connectivity index (χ1n) is 7.63. The van der Waals surface area contributed by atoms with Gasteiger partial charge in [0, 0.05) is 33.3 Å². The van der Waals surface area contributed by atoms with E-state index in [1.807, 2.05) is 25.1 Å². The molecule has 2 heterocycles. The Morgan fingerprint density at radius 3 is 2.88 bits per heavy atom. The summed E-state index contributed by atoms with van der Waals surface area (Å²) in [6, 6.07) is 8.77. The van der Waals surface area contributed by atoms with Crippen molar-refractivity contribution in [1.82, 2.24) is 10.3 Å². The fourth-order valence-electron chi connectivity index (χ4n) is 2.60. The van der Waals surface area contributed by atoms with Gasteiger partial charge in [-0.15, -0.1) is 11.3 Å². The lowest BCUT2D eigenvalue weighted by Crippen LogP contribution is -2.28. The predicted molar refractivity (Wildman–Crippen MR) is 97.8 cm³/mol. The van der Waals surface area contributed by atoms with Gasteiger partial charge in [-0.05, 0) is 37.3 Å². The maximum absolute atomic E-state index is 12.0. The van der Waals surface area contributed by atoms with Crippen molar-refractivity contribution in [3.05, 3.63) is 56.9 Å². The number of thiophene rings is 1. The quantitative estimate of drug-likeness (QED) is 0.715. The average Bonchev–Trinajstić information content (AvgIpc) is 3.02. The van der Waals surface area contributed by atoms with Gasteiger partial charge in [0.05, 0.1) is 11.1 Å². The minimum Gasteiger partial charge on any atom is -0.505 e. The van der Waals surface area contributed by atoms with Crippen LogP contribution in [-0.2, 0) is 4.79 Å². The number of aryl methyl sites for hydroxylation is 1. The molecular formula is C18H17ClN2O2S. The fraction of sp³-hybridized carbons (Fsp3) is 0.222. The number of phenols is 1. The Labute approximate surface area is 149 Å². The van der Waals surface area contributed by atoms with Crippen LogP contribution >= 0.6 is 22.9 Å². The molecule has 0 aliphatic heterocycles. The standard InChI is InChI=1S/C18H17ClN2O2S/c1-3-15(22)21-16(14-7-6-10(2)24-14)12-9-13(19)11-5-4-8-20-17(11)18(12)23/h4-9,16,23H,3H2,1-2H3,(H,21,22). The highest BCUT2D eigenvalue weighted by atomic mass is 35.5. The molecule has 0 radical (unpaired) electrons. The van der Waals surface area contributed by atoms with Gasteiger partial charge in [0.25, 0.3) is 0 Å². The van der Waals surface area contributed by atoms with E-state index < -0.39 is 6.04 Å². The topological polar surface area (TPSA) is 62.2 Å². The van der Waals surface area contributed by atoms with Crippen LogP contribution in [0.3, 0.4) is 0 Å². The van der Waals surface area contributed by atoms with E-state index in [0.29, 0.717) is 27.9 Å². The van der Waals surface area contributed by atoms with E-state index in [2.05, 4.69) is 10.3 Å². The molecule has 2 aromatic heterocycles. The van der Waals surface area contributed by atoms with E-state index in [1.165, 1.54) is 0 Å². The monoisotopic (exact) mass is 360 g/mol. The Bertz CT molecular complexity index is 907. The number of fused-ring (bicyclic) bond motifs is 1. The van der Waals surface area contributed by atoms with Crippen molar-refractivity contribution in [2.75, 3.05) is 0 Å². The van der Waals surface area contributed by atoms with Gasteiger partial charge in [-0.1, -0.05) is 18.5 Å². The Balaban J connectivity index is 2.18. The van der Waals surface area contributed by atoms with Crippen molar-refractivity contribution in [2.45, 2.75) is 26.3 Å². The third-order valence-electron chi connectivity index (χ3n) is 3.83. The van der Waals surface area contributed by atoms with Crippen LogP contribution in [0.25, 0.3) is 10.9 Å². The molecule has 0 fully saturated rings. The largest absolute Gasteiger partial charge is 0.505 e. The number of hydrogen-bond donors (Lipinski definition) is 2. The highest BCUT2D eigenvalue weighted by Gasteiger charge is 2.24. The van der Waals surface area contributed by atoms with Gasteiger partial charge in [-0.2, -0.15) is 0 Å². The number of hydrogen-bond acceptors (Lipinski definition) is 4. The van der Waals surface area contributed by atoms with E-state index in [0.717, 1.165) is 9.75 Å². The normalized spacial score (nSPS) is 12.3. The van der Waals surface area contributed by atoms with E-state index in [1.54, 1.807) is 36.6 Å². The highest BCUT2D eigenvalue weighted by Crippen LogP contribution is 2.39. The van der Waals surface area contributed by atoms with Crippen molar-refractivity contribution < 1.29 is 9.90 Å². The first kappa shape index (κ1) is 16.7. The predicted octanol–water partition coefficient (Wildman–Crippen LogP) is 4.58. The number of nitrogens with zero attached hydrogens (tertiary/aromatic N) is 1. The summed E-state index contributed by atoms with van der Waals surface area (Å²) in [6.45, 7) is 3.79. The van der Waals surface area contributed by atoms with Gasteiger partial charge in [0.2, 0.25) is 5.91 Å². The Morgan fingerprint density at radius 1 is 1.42 bits per heavy atom. The molecule has 1 atom stereocenters. The van der Waals surface area contributed by atoms with E-state index >= 15 is 0 Å². The summed E-state index contributed by atoms with van der Waals surface area (Å²) in [5.74, 6) is -0.0508. The maximum Gasteiger partial charge on any atom is 0.220 e. The zero-order valence-electron chi connectivity index (χ0n) is 13.3. The first-order chi connectivity index (χ1) is 11.5. The lowest BCUT2D eigenvalue weighted by Gasteiger charge is -2.20. The van der Waals surface area contributed by atoms with Crippen molar-refractivity contribution in [2.24, 2.45) is 0 Å². The number of pyridine rings is 1. The molecule has 1 amide bonds. The zero-order chi connectivity index (χ0) is 17.3. The smallest absolute Gasteiger partial charge is 0.220 e. The van der Waals surface area contributed by atoms with Crippen LogP contribution in [0.1, 0.15) is 34.7 Å². The molecule has 0 spiro atoms. The summed E-state index contributed by atoms with van der Waals surface area (Å²) >= 11 is 7.95. The number of carbonyl (C=O) groups is 1. The van der Waals surface area contributed by atoms with E-state index in [9.17, 15) is 9.90 Å². The number of amides is 1. The van der Waals surface area contributed by atoms with Crippen molar-refractivity contribution in [3.63, 3.8) is 0 Å². The molecule has 4 nitrogen and oxygen atoms in total. The van der Waals surface area contributed by atoms with Gasteiger partial charge in [-0.3, -0.25) is 9.78 Å². The number of aromatic hydroxyl groups is 1. The van der Waals surface area contributed by atoms with Crippen LogP contribution in [0.2, 0.25) is 5.02 Å². The van der Waals surface area contributed by atoms with Crippen molar-refractivity contribution in [1.29, 1.82) is 0 Å². The van der Waals surface area contributed by atoms with Crippen LogP contribution in [0.5, 0.6) is 5.75 Å². The van der Waals surface area contributed by atoms with Crippen molar-refractivity contribution in [3.8, 4) is 5.75 Å². The fourth-order valence-corrected chi connectivity index (χ4v) is 3.82. The molecule has 3 aromatic rings. The number of rotatable bonds is 4. The van der Waals surface area contributed by atoms with Crippen LogP contribution in [0.4, 0.5) is 0 Å². The second-order valence-corrected chi connectivity index (χ2v) is 7.22. The molecule has 0 saturated heterocycles. The number of carbonyl (C=O) groups excluding carboxylic acids is 1. The lowest BCUT2D eigenvalue weighted by atomic mass is 10.0. The van der Waals surface area contributed by atoms with Gasteiger partial charge in [0.15, 0.2) is 0 Å². The Morgan fingerprint density at radius 2 is 2.21 bits per heavy atom. The third kappa shape index (κ3) is 3.09. The molecule has 0 aliphatic rings. The molecule has 0 saturated carbocycles. The highest BCUT2D eigenvalue weighted by molar-refractivity contribution is 7.12. The number of nitrogens with one attached hydrogen (secondary N) is 1. The molecule has 1 aromatic carbocycles. The summed E-state index contributed by atoms with van der Waals surface area (Å²) in [4.78, 5) is 18.3. The minimum atomic E-state index is -0.458. The average molecular weight is 361 g/mol. The number of halogens is 1. The third-order valence-corrected chi connectivity index (χ3v) is 5.21. The molecule has 6 heteroatoms. The van der Waals surface area contributed by atoms with Crippen LogP contribution in [0.15, 0.2) is 36.5 Å². The second kappa shape index (κ2) is 6.79. The zero-order valence-corrected chi connectivity index (χ0v) is 14.9.